The van der Waals surface area contributed by atoms with Crippen molar-refractivity contribution in [2.45, 2.75) is 38.0 Å². The first-order valence-electron chi connectivity index (χ1n) is 6.77. The second kappa shape index (κ2) is 5.31. The average molecular weight is 313 g/mol. The Kier molecular flexibility index (Phi) is 3.99. The molecule has 0 spiro atoms. The van der Waals surface area contributed by atoms with Gasteiger partial charge in [-0.1, -0.05) is 6.92 Å². The lowest BCUT2D eigenvalue weighted by Crippen LogP contribution is -2.30. The lowest BCUT2D eigenvalue weighted by molar-refractivity contribution is 0.0693. The van der Waals surface area contributed by atoms with Crippen LogP contribution in [0.3, 0.4) is 0 Å². The van der Waals surface area contributed by atoms with Gasteiger partial charge in [0.1, 0.15) is 11.3 Å². The predicted molar refractivity (Wildman–Crippen MR) is 76.9 cm³/mol. The van der Waals surface area contributed by atoms with Crippen LogP contribution in [0.2, 0.25) is 0 Å². The molecule has 6 nitrogen and oxygen atoms in total. The summed E-state index contributed by atoms with van der Waals surface area (Å²) in [6, 6.07) is 2.16. The summed E-state index contributed by atoms with van der Waals surface area (Å²) in [7, 11) is -3.79. The van der Waals surface area contributed by atoms with Crippen LogP contribution in [0.25, 0.3) is 0 Å². The van der Waals surface area contributed by atoms with E-state index in [1.54, 1.807) is 0 Å². The summed E-state index contributed by atoms with van der Waals surface area (Å²) in [6.07, 6.45) is 2.91. The Hall–Kier alpha value is -1.60. The number of nitrogens with one attached hydrogen (secondary N) is 1. The van der Waals surface area contributed by atoms with Crippen molar-refractivity contribution in [2.24, 2.45) is 5.41 Å². The molecule has 21 heavy (non-hydrogen) atoms. The fourth-order valence-corrected chi connectivity index (χ4v) is 3.70. The zero-order valence-electron chi connectivity index (χ0n) is 12.0. The van der Waals surface area contributed by atoms with Gasteiger partial charge in [0.2, 0.25) is 10.0 Å². The van der Waals surface area contributed by atoms with Gasteiger partial charge in [0.25, 0.3) is 0 Å². The van der Waals surface area contributed by atoms with Crippen molar-refractivity contribution in [1.29, 1.82) is 0 Å². The maximum absolute atomic E-state index is 12.3. The third kappa shape index (κ3) is 3.19. The molecule has 0 amide bonds. The van der Waals surface area contributed by atoms with Crippen LogP contribution in [0, 0.1) is 12.3 Å². The van der Waals surface area contributed by atoms with Crippen LogP contribution >= 0.6 is 0 Å². The number of carbonyl (C=O) groups is 1. The van der Waals surface area contributed by atoms with Crippen molar-refractivity contribution in [3.63, 3.8) is 0 Å². The van der Waals surface area contributed by atoms with Gasteiger partial charge in [-0.15, -0.1) is 0 Å². The van der Waals surface area contributed by atoms with Crippen molar-refractivity contribution < 1.29 is 23.4 Å². The van der Waals surface area contributed by atoms with Crippen molar-refractivity contribution in [1.82, 2.24) is 4.72 Å². The highest BCUT2D eigenvalue weighted by atomic mass is 32.2. The zero-order valence-corrected chi connectivity index (χ0v) is 12.8. The lowest BCUT2D eigenvalue weighted by atomic mass is 10.1. The van der Waals surface area contributed by atoms with Crippen molar-refractivity contribution in [2.75, 3.05) is 6.54 Å². The maximum Gasteiger partial charge on any atom is 0.339 e. The smallest absolute Gasteiger partial charge is 0.339 e. The molecule has 0 aliphatic heterocycles. The molecule has 7 heteroatoms. The van der Waals surface area contributed by atoms with E-state index in [0.717, 1.165) is 31.4 Å². The number of benzene rings is 1. The van der Waals surface area contributed by atoms with Gasteiger partial charge in [0.15, 0.2) is 0 Å². The summed E-state index contributed by atoms with van der Waals surface area (Å²) < 4.78 is 27.2. The summed E-state index contributed by atoms with van der Waals surface area (Å²) in [5.74, 6) is -1.80. The first-order chi connectivity index (χ1) is 9.71. The van der Waals surface area contributed by atoms with E-state index in [0.29, 0.717) is 12.1 Å². The molecule has 0 atom stereocenters. The number of aromatic carboxylic acids is 1. The molecule has 1 aromatic carbocycles. The van der Waals surface area contributed by atoms with E-state index in [1.807, 2.05) is 6.92 Å². The van der Waals surface area contributed by atoms with Crippen LogP contribution in [0.1, 0.15) is 42.1 Å². The number of aryl methyl sites for hydroxylation is 1. The predicted octanol–water partition coefficient (Wildman–Crippen LogP) is 1.87. The van der Waals surface area contributed by atoms with Gasteiger partial charge >= 0.3 is 5.97 Å². The molecule has 0 saturated heterocycles. The molecule has 0 aromatic heterocycles. The van der Waals surface area contributed by atoms with E-state index in [2.05, 4.69) is 4.72 Å². The van der Waals surface area contributed by atoms with Crippen LogP contribution < -0.4 is 4.72 Å². The Balaban J connectivity index is 2.31. The molecule has 116 valence electrons. The molecular formula is C14H19NO5S. The molecule has 1 aromatic rings. The fraction of sp³-hybridized carbons (Fsp3) is 0.500. The third-order valence-electron chi connectivity index (χ3n) is 4.16. The summed E-state index contributed by atoms with van der Waals surface area (Å²) in [5.41, 5.74) is -0.0583. The number of sulfonamides is 1. The molecule has 2 rings (SSSR count). The Labute approximate surface area is 123 Å². The highest BCUT2D eigenvalue weighted by Gasteiger charge is 2.41. The van der Waals surface area contributed by atoms with E-state index in [-0.39, 0.29) is 10.3 Å². The van der Waals surface area contributed by atoms with E-state index < -0.39 is 27.3 Å². The highest BCUT2D eigenvalue weighted by Crippen LogP contribution is 2.48. The summed E-state index contributed by atoms with van der Waals surface area (Å²) in [6.45, 7) is 3.90. The SMILES string of the molecule is CCC1(CNS(=O)(=O)c2cc(C(=O)O)c(O)cc2C)CC1. The number of hydrogen-bond donors (Lipinski definition) is 3. The lowest BCUT2D eigenvalue weighted by Gasteiger charge is -2.15. The molecule has 1 aliphatic carbocycles. The van der Waals surface area contributed by atoms with E-state index in [1.165, 1.54) is 6.92 Å². The minimum atomic E-state index is -3.79. The summed E-state index contributed by atoms with van der Waals surface area (Å²) >= 11 is 0. The zero-order chi connectivity index (χ0) is 15.8. The van der Waals surface area contributed by atoms with E-state index >= 15 is 0 Å². The normalized spacial score (nSPS) is 16.7. The van der Waals surface area contributed by atoms with Crippen LogP contribution in [0.4, 0.5) is 0 Å². The summed E-state index contributed by atoms with van der Waals surface area (Å²) in [5, 5.41) is 18.5. The number of carboxylic acids is 1. The maximum atomic E-state index is 12.3. The molecular weight excluding hydrogens is 294 g/mol. The van der Waals surface area contributed by atoms with Crippen molar-refractivity contribution >= 4 is 16.0 Å². The van der Waals surface area contributed by atoms with Gasteiger partial charge < -0.3 is 10.2 Å². The molecule has 1 fully saturated rings. The van der Waals surface area contributed by atoms with Gasteiger partial charge in [0, 0.05) is 6.54 Å². The van der Waals surface area contributed by atoms with Crippen molar-refractivity contribution in [3.05, 3.63) is 23.3 Å². The van der Waals surface area contributed by atoms with Gasteiger partial charge in [0.05, 0.1) is 4.90 Å². The number of phenols is 1. The van der Waals surface area contributed by atoms with Crippen LogP contribution in [0.5, 0.6) is 5.75 Å². The monoisotopic (exact) mass is 313 g/mol. The van der Waals surface area contributed by atoms with Crippen LogP contribution in [0.15, 0.2) is 17.0 Å². The molecule has 0 unspecified atom stereocenters. The number of aromatic hydroxyl groups is 1. The Morgan fingerprint density at radius 2 is 2.00 bits per heavy atom. The average Bonchev–Trinajstić information content (AvgIpc) is 3.16. The first kappa shape index (κ1) is 15.8. The number of hydrogen-bond acceptors (Lipinski definition) is 4. The largest absolute Gasteiger partial charge is 0.507 e. The molecule has 1 saturated carbocycles. The van der Waals surface area contributed by atoms with E-state index in [9.17, 15) is 18.3 Å². The van der Waals surface area contributed by atoms with Gasteiger partial charge in [-0.25, -0.2) is 17.9 Å². The Bertz CT molecular complexity index is 677. The van der Waals surface area contributed by atoms with Gasteiger partial charge in [-0.2, -0.15) is 0 Å². The highest BCUT2D eigenvalue weighted by molar-refractivity contribution is 7.89. The molecule has 1 aliphatic rings. The minimum absolute atomic E-state index is 0.0491. The second-order valence-electron chi connectivity index (χ2n) is 5.62. The Morgan fingerprint density at radius 1 is 1.38 bits per heavy atom. The second-order valence-corrected chi connectivity index (χ2v) is 7.35. The minimum Gasteiger partial charge on any atom is -0.507 e. The molecule has 0 radical (unpaired) electrons. The van der Waals surface area contributed by atoms with Crippen LogP contribution in [-0.4, -0.2) is 31.1 Å². The van der Waals surface area contributed by atoms with Gasteiger partial charge in [-0.05, 0) is 49.3 Å². The quantitative estimate of drug-likeness (QED) is 0.744. The molecule has 0 heterocycles. The van der Waals surface area contributed by atoms with E-state index in [4.69, 9.17) is 5.11 Å². The number of carboxylic acid groups (broad SMARTS) is 1. The topological polar surface area (TPSA) is 104 Å². The van der Waals surface area contributed by atoms with Crippen molar-refractivity contribution in [3.8, 4) is 5.75 Å². The first-order valence-corrected chi connectivity index (χ1v) is 8.26. The fourth-order valence-electron chi connectivity index (χ4n) is 2.29. The Morgan fingerprint density at radius 3 is 2.48 bits per heavy atom. The third-order valence-corrected chi connectivity index (χ3v) is 5.70. The van der Waals surface area contributed by atoms with Crippen LogP contribution in [-0.2, 0) is 10.0 Å². The van der Waals surface area contributed by atoms with Gasteiger partial charge in [-0.3, -0.25) is 0 Å². The standard InChI is InChI=1S/C14H19NO5S/c1-3-14(4-5-14)8-15-21(19,20)12-7-10(13(17)18)11(16)6-9(12)2/h6-7,15-16H,3-5,8H2,1-2H3,(H,17,18). The molecule has 3 N–H and O–H groups in total. The number of rotatable bonds is 6. The molecule has 0 bridgehead atoms. The summed E-state index contributed by atoms with van der Waals surface area (Å²) in [4.78, 5) is 10.9.